The molecule has 0 saturated carbocycles. The van der Waals surface area contributed by atoms with Crippen molar-refractivity contribution in [3.63, 3.8) is 0 Å². The smallest absolute Gasteiger partial charge is 0.410 e. The second kappa shape index (κ2) is 8.56. The number of aliphatic hydroxyl groups is 1. The normalized spacial score (nSPS) is 21.2. The summed E-state index contributed by atoms with van der Waals surface area (Å²) in [5.41, 5.74) is -0.465. The molecule has 21 heavy (non-hydrogen) atoms. The van der Waals surface area contributed by atoms with E-state index in [-0.39, 0.29) is 24.8 Å². The SMILES string of the molecule is COCC(CCO)NC1CCCN(C(=O)OC(C)(C)C)C1. The van der Waals surface area contributed by atoms with Crippen LogP contribution in [0.2, 0.25) is 0 Å². The quantitative estimate of drug-likeness (QED) is 0.775. The van der Waals surface area contributed by atoms with E-state index in [1.54, 1.807) is 12.0 Å². The first-order valence-corrected chi connectivity index (χ1v) is 7.69. The van der Waals surface area contributed by atoms with E-state index in [0.29, 0.717) is 19.6 Å². The lowest BCUT2D eigenvalue weighted by Crippen LogP contribution is -2.52. The number of piperidine rings is 1. The van der Waals surface area contributed by atoms with Crippen LogP contribution in [-0.2, 0) is 9.47 Å². The van der Waals surface area contributed by atoms with Crippen molar-refractivity contribution in [2.75, 3.05) is 33.4 Å². The second-order valence-corrected chi connectivity index (χ2v) is 6.60. The summed E-state index contributed by atoms with van der Waals surface area (Å²) >= 11 is 0. The topological polar surface area (TPSA) is 71.0 Å². The summed E-state index contributed by atoms with van der Waals surface area (Å²) < 4.78 is 10.6. The average molecular weight is 302 g/mol. The fraction of sp³-hybridized carbons (Fsp3) is 0.933. The maximum atomic E-state index is 12.1. The molecule has 1 fully saturated rings. The predicted molar refractivity (Wildman–Crippen MR) is 81.3 cm³/mol. The molecule has 2 atom stereocenters. The maximum absolute atomic E-state index is 12.1. The van der Waals surface area contributed by atoms with Crippen molar-refractivity contribution in [3.8, 4) is 0 Å². The lowest BCUT2D eigenvalue weighted by atomic mass is 10.0. The van der Waals surface area contributed by atoms with Gasteiger partial charge in [-0.15, -0.1) is 0 Å². The zero-order valence-electron chi connectivity index (χ0n) is 13.7. The van der Waals surface area contributed by atoms with Crippen LogP contribution in [0.4, 0.5) is 4.79 Å². The molecule has 0 radical (unpaired) electrons. The summed E-state index contributed by atoms with van der Waals surface area (Å²) in [5.74, 6) is 0. The number of carbonyl (C=O) groups is 1. The van der Waals surface area contributed by atoms with Crippen LogP contribution in [0.15, 0.2) is 0 Å². The van der Waals surface area contributed by atoms with Crippen LogP contribution in [0, 0.1) is 0 Å². The van der Waals surface area contributed by atoms with Gasteiger partial charge in [-0.05, 0) is 40.0 Å². The highest BCUT2D eigenvalue weighted by molar-refractivity contribution is 5.68. The van der Waals surface area contributed by atoms with Crippen molar-refractivity contribution in [1.29, 1.82) is 0 Å². The third kappa shape index (κ3) is 7.11. The average Bonchev–Trinajstić information content (AvgIpc) is 2.37. The number of nitrogens with one attached hydrogen (secondary N) is 1. The van der Waals surface area contributed by atoms with Crippen molar-refractivity contribution < 1.29 is 19.4 Å². The van der Waals surface area contributed by atoms with Gasteiger partial charge in [0.2, 0.25) is 0 Å². The molecule has 0 bridgehead atoms. The Bertz CT molecular complexity index is 311. The number of hydrogen-bond donors (Lipinski definition) is 2. The predicted octanol–water partition coefficient (Wildman–Crippen LogP) is 1.37. The molecule has 0 aromatic carbocycles. The molecule has 1 rings (SSSR count). The van der Waals surface area contributed by atoms with Crippen molar-refractivity contribution in [1.82, 2.24) is 10.2 Å². The third-order valence-corrected chi connectivity index (χ3v) is 3.39. The molecule has 0 aromatic heterocycles. The highest BCUT2D eigenvalue weighted by atomic mass is 16.6. The van der Waals surface area contributed by atoms with Crippen LogP contribution >= 0.6 is 0 Å². The van der Waals surface area contributed by atoms with Gasteiger partial charge in [0.15, 0.2) is 0 Å². The Balaban J connectivity index is 2.49. The molecular formula is C15H30N2O4. The summed E-state index contributed by atoms with van der Waals surface area (Å²) in [6.45, 7) is 7.69. The Hall–Kier alpha value is -0.850. The molecule has 1 saturated heterocycles. The minimum absolute atomic E-state index is 0.114. The van der Waals surface area contributed by atoms with Gasteiger partial charge < -0.3 is 24.8 Å². The number of ether oxygens (including phenoxy) is 2. The van der Waals surface area contributed by atoms with Gasteiger partial charge in [0.1, 0.15) is 5.60 Å². The Kier molecular flexibility index (Phi) is 7.42. The van der Waals surface area contributed by atoms with Crippen LogP contribution in [0.3, 0.4) is 0 Å². The Labute approximate surface area is 127 Å². The third-order valence-electron chi connectivity index (χ3n) is 3.39. The first-order valence-electron chi connectivity index (χ1n) is 7.69. The molecule has 0 aliphatic carbocycles. The fourth-order valence-corrected chi connectivity index (χ4v) is 2.51. The van der Waals surface area contributed by atoms with Crippen molar-refractivity contribution in [2.45, 2.75) is 57.7 Å². The highest BCUT2D eigenvalue weighted by Crippen LogP contribution is 2.16. The van der Waals surface area contributed by atoms with Crippen molar-refractivity contribution in [3.05, 3.63) is 0 Å². The molecule has 6 nitrogen and oxygen atoms in total. The van der Waals surface area contributed by atoms with Crippen LogP contribution < -0.4 is 5.32 Å². The van der Waals surface area contributed by atoms with E-state index in [0.717, 1.165) is 19.4 Å². The Morgan fingerprint density at radius 2 is 2.19 bits per heavy atom. The van der Waals surface area contributed by atoms with Gasteiger partial charge in [-0.2, -0.15) is 0 Å². The zero-order valence-corrected chi connectivity index (χ0v) is 13.7. The first-order chi connectivity index (χ1) is 9.85. The van der Waals surface area contributed by atoms with Crippen LogP contribution in [0.1, 0.15) is 40.0 Å². The van der Waals surface area contributed by atoms with E-state index >= 15 is 0 Å². The van der Waals surface area contributed by atoms with E-state index < -0.39 is 5.60 Å². The minimum atomic E-state index is -0.465. The van der Waals surface area contributed by atoms with E-state index in [2.05, 4.69) is 5.32 Å². The van der Waals surface area contributed by atoms with Crippen molar-refractivity contribution >= 4 is 6.09 Å². The number of likely N-dealkylation sites (tertiary alicyclic amines) is 1. The molecule has 1 aliphatic rings. The molecule has 0 aromatic rings. The number of carbonyl (C=O) groups excluding carboxylic acids is 1. The number of methoxy groups -OCH3 is 1. The van der Waals surface area contributed by atoms with Crippen LogP contribution in [0.5, 0.6) is 0 Å². The molecule has 1 aliphatic heterocycles. The molecular weight excluding hydrogens is 272 g/mol. The second-order valence-electron chi connectivity index (χ2n) is 6.60. The largest absolute Gasteiger partial charge is 0.444 e. The summed E-state index contributed by atoms with van der Waals surface area (Å²) in [6, 6.07) is 0.335. The number of amides is 1. The van der Waals surface area contributed by atoms with Gasteiger partial charge in [-0.3, -0.25) is 0 Å². The van der Waals surface area contributed by atoms with E-state index in [1.165, 1.54) is 0 Å². The summed E-state index contributed by atoms with van der Waals surface area (Å²) in [4.78, 5) is 13.9. The minimum Gasteiger partial charge on any atom is -0.444 e. The number of hydrogen-bond acceptors (Lipinski definition) is 5. The Morgan fingerprint density at radius 1 is 1.48 bits per heavy atom. The molecule has 1 amide bonds. The summed E-state index contributed by atoms with van der Waals surface area (Å²) in [5, 5.41) is 12.6. The molecule has 124 valence electrons. The van der Waals surface area contributed by atoms with E-state index in [4.69, 9.17) is 14.6 Å². The summed E-state index contributed by atoms with van der Waals surface area (Å²) in [7, 11) is 1.65. The molecule has 1 heterocycles. The van der Waals surface area contributed by atoms with Gasteiger partial charge in [-0.25, -0.2) is 4.79 Å². The van der Waals surface area contributed by atoms with Crippen molar-refractivity contribution in [2.24, 2.45) is 0 Å². The summed E-state index contributed by atoms with van der Waals surface area (Å²) in [6.07, 6.45) is 2.37. The highest BCUT2D eigenvalue weighted by Gasteiger charge is 2.28. The van der Waals surface area contributed by atoms with Crippen LogP contribution in [-0.4, -0.2) is 67.2 Å². The van der Waals surface area contributed by atoms with Gasteiger partial charge >= 0.3 is 6.09 Å². The van der Waals surface area contributed by atoms with Gasteiger partial charge in [0.05, 0.1) is 6.61 Å². The molecule has 2 N–H and O–H groups in total. The number of rotatable bonds is 6. The monoisotopic (exact) mass is 302 g/mol. The van der Waals surface area contributed by atoms with Crippen LogP contribution in [0.25, 0.3) is 0 Å². The first kappa shape index (κ1) is 18.2. The fourth-order valence-electron chi connectivity index (χ4n) is 2.51. The number of nitrogens with zero attached hydrogens (tertiary/aromatic N) is 1. The lowest BCUT2D eigenvalue weighted by Gasteiger charge is -2.36. The number of aliphatic hydroxyl groups excluding tert-OH is 1. The van der Waals surface area contributed by atoms with E-state index in [9.17, 15) is 4.79 Å². The van der Waals surface area contributed by atoms with Gasteiger partial charge in [-0.1, -0.05) is 0 Å². The molecule has 0 spiro atoms. The molecule has 6 heteroatoms. The molecule has 2 unspecified atom stereocenters. The zero-order chi connectivity index (χ0) is 15.9. The maximum Gasteiger partial charge on any atom is 0.410 e. The standard InChI is InChI=1S/C15H30N2O4/c1-15(2,3)21-14(19)17-8-5-6-12(10-17)16-13(7-9-18)11-20-4/h12-13,16,18H,5-11H2,1-4H3. The lowest BCUT2D eigenvalue weighted by molar-refractivity contribution is 0.0175. The Morgan fingerprint density at radius 3 is 2.76 bits per heavy atom. The van der Waals surface area contributed by atoms with E-state index in [1.807, 2.05) is 20.8 Å². The van der Waals surface area contributed by atoms with Gasteiger partial charge in [0.25, 0.3) is 0 Å². The van der Waals surface area contributed by atoms with Gasteiger partial charge in [0, 0.05) is 38.9 Å².